The van der Waals surface area contributed by atoms with Gasteiger partial charge in [0.15, 0.2) is 5.13 Å². The molecule has 4 heterocycles. The summed E-state index contributed by atoms with van der Waals surface area (Å²) >= 11 is 1.86. The van der Waals surface area contributed by atoms with Crippen LogP contribution in [-0.2, 0) is 6.54 Å². The van der Waals surface area contributed by atoms with Crippen LogP contribution in [0, 0.1) is 6.92 Å². The second-order valence-corrected chi connectivity index (χ2v) is 7.74. The van der Waals surface area contributed by atoms with Gasteiger partial charge in [-0.15, -0.1) is 11.3 Å². The molecular formula is C17H24N4OS. The van der Waals surface area contributed by atoms with Crippen LogP contribution in [0.25, 0.3) is 0 Å². The van der Waals surface area contributed by atoms with E-state index in [9.17, 15) is 0 Å². The van der Waals surface area contributed by atoms with Crippen LogP contribution in [0.2, 0.25) is 0 Å². The minimum Gasteiger partial charge on any atom is -0.361 e. The number of anilines is 1. The maximum Gasteiger partial charge on any atom is 0.185 e. The molecule has 6 heteroatoms. The Morgan fingerprint density at radius 3 is 2.83 bits per heavy atom. The van der Waals surface area contributed by atoms with E-state index in [4.69, 9.17) is 4.52 Å². The van der Waals surface area contributed by atoms with Gasteiger partial charge >= 0.3 is 0 Å². The van der Waals surface area contributed by atoms with Crippen molar-refractivity contribution in [2.75, 3.05) is 24.5 Å². The molecule has 1 atom stereocenters. The zero-order valence-corrected chi connectivity index (χ0v) is 14.5. The quantitative estimate of drug-likeness (QED) is 0.853. The molecule has 0 aliphatic carbocycles. The number of piperidine rings is 1. The predicted octanol–water partition coefficient (Wildman–Crippen LogP) is 3.77. The van der Waals surface area contributed by atoms with Crippen LogP contribution in [0.1, 0.15) is 54.5 Å². The highest BCUT2D eigenvalue weighted by Gasteiger charge is 2.27. The molecule has 23 heavy (non-hydrogen) atoms. The standard InChI is InChI=1S/C17H24N4OS/c1-13-10-15(19-22-13)16-6-2-3-9-21(16)12-14-11-18-17(23-14)20-7-4-5-8-20/h10-11,16H,2-9,12H2,1H3/t16-/m1/s1. The molecule has 0 N–H and O–H groups in total. The van der Waals surface area contributed by atoms with Crippen molar-refractivity contribution in [3.8, 4) is 0 Å². The third kappa shape index (κ3) is 3.28. The molecule has 0 aromatic carbocycles. The van der Waals surface area contributed by atoms with E-state index in [1.54, 1.807) is 0 Å². The van der Waals surface area contributed by atoms with E-state index in [-0.39, 0.29) is 0 Å². The van der Waals surface area contributed by atoms with Crippen molar-refractivity contribution in [1.82, 2.24) is 15.0 Å². The van der Waals surface area contributed by atoms with Crippen molar-refractivity contribution in [2.24, 2.45) is 0 Å². The number of hydrogen-bond acceptors (Lipinski definition) is 6. The molecule has 5 nitrogen and oxygen atoms in total. The number of aryl methyl sites for hydroxylation is 1. The predicted molar refractivity (Wildman–Crippen MR) is 91.8 cm³/mol. The largest absolute Gasteiger partial charge is 0.361 e. The fourth-order valence-corrected chi connectivity index (χ4v) is 4.67. The van der Waals surface area contributed by atoms with Gasteiger partial charge in [-0.25, -0.2) is 4.98 Å². The summed E-state index contributed by atoms with van der Waals surface area (Å²) in [5, 5.41) is 5.46. The molecule has 4 rings (SSSR count). The third-order valence-electron chi connectivity index (χ3n) is 4.88. The van der Waals surface area contributed by atoms with Gasteiger partial charge < -0.3 is 9.42 Å². The van der Waals surface area contributed by atoms with Gasteiger partial charge in [-0.3, -0.25) is 4.90 Å². The molecule has 124 valence electrons. The summed E-state index contributed by atoms with van der Waals surface area (Å²) in [4.78, 5) is 11.0. The highest BCUT2D eigenvalue weighted by molar-refractivity contribution is 7.15. The van der Waals surface area contributed by atoms with Crippen molar-refractivity contribution in [3.05, 3.63) is 28.6 Å². The van der Waals surface area contributed by atoms with Gasteiger partial charge in [-0.1, -0.05) is 11.6 Å². The topological polar surface area (TPSA) is 45.4 Å². The van der Waals surface area contributed by atoms with Gasteiger partial charge in [0.25, 0.3) is 0 Å². The van der Waals surface area contributed by atoms with Crippen LogP contribution in [0.15, 0.2) is 16.8 Å². The summed E-state index contributed by atoms with van der Waals surface area (Å²) < 4.78 is 5.29. The van der Waals surface area contributed by atoms with Crippen molar-refractivity contribution >= 4 is 16.5 Å². The fourth-order valence-electron chi connectivity index (χ4n) is 3.68. The van der Waals surface area contributed by atoms with Crippen molar-refractivity contribution < 1.29 is 4.52 Å². The maximum atomic E-state index is 5.29. The lowest BCUT2D eigenvalue weighted by Crippen LogP contribution is -2.32. The second kappa shape index (κ2) is 6.61. The monoisotopic (exact) mass is 332 g/mol. The van der Waals surface area contributed by atoms with Gasteiger partial charge in [0.2, 0.25) is 0 Å². The number of likely N-dealkylation sites (tertiary alicyclic amines) is 1. The number of hydrogen-bond donors (Lipinski definition) is 0. The minimum atomic E-state index is 0.388. The van der Waals surface area contributed by atoms with Crippen molar-refractivity contribution in [2.45, 2.75) is 51.6 Å². The summed E-state index contributed by atoms with van der Waals surface area (Å²) in [6.45, 7) is 6.40. The molecule has 2 fully saturated rings. The molecule has 0 amide bonds. The Balaban J connectivity index is 1.47. The van der Waals surface area contributed by atoms with Crippen LogP contribution in [0.5, 0.6) is 0 Å². The lowest BCUT2D eigenvalue weighted by atomic mass is 9.99. The Labute approximate surface area is 141 Å². The Bertz CT molecular complexity index is 647. The lowest BCUT2D eigenvalue weighted by molar-refractivity contribution is 0.135. The molecule has 2 aliphatic rings. The number of rotatable bonds is 4. The first-order chi connectivity index (χ1) is 11.3. The lowest BCUT2D eigenvalue weighted by Gasteiger charge is -2.33. The smallest absolute Gasteiger partial charge is 0.185 e. The van der Waals surface area contributed by atoms with Gasteiger partial charge in [0.1, 0.15) is 11.5 Å². The van der Waals surface area contributed by atoms with Crippen LogP contribution < -0.4 is 4.90 Å². The van der Waals surface area contributed by atoms with Gasteiger partial charge in [-0.05, 0) is 39.2 Å². The van der Waals surface area contributed by atoms with Crippen LogP contribution in [-0.4, -0.2) is 34.7 Å². The highest BCUT2D eigenvalue weighted by atomic mass is 32.1. The average molecular weight is 332 g/mol. The highest BCUT2D eigenvalue weighted by Crippen LogP contribution is 2.34. The molecular weight excluding hydrogens is 308 g/mol. The van der Waals surface area contributed by atoms with Crippen molar-refractivity contribution in [3.63, 3.8) is 0 Å². The first-order valence-electron chi connectivity index (χ1n) is 8.66. The maximum absolute atomic E-state index is 5.29. The molecule has 2 aliphatic heterocycles. The van der Waals surface area contributed by atoms with Gasteiger partial charge in [-0.2, -0.15) is 0 Å². The van der Waals surface area contributed by atoms with Crippen molar-refractivity contribution in [1.29, 1.82) is 0 Å². The Kier molecular flexibility index (Phi) is 4.35. The van der Waals surface area contributed by atoms with E-state index < -0.39 is 0 Å². The SMILES string of the molecule is Cc1cc([C@H]2CCCCN2Cc2cnc(N3CCCC3)s2)no1. The van der Waals surface area contributed by atoms with E-state index in [0.29, 0.717) is 6.04 Å². The zero-order valence-electron chi connectivity index (χ0n) is 13.7. The fraction of sp³-hybridized carbons (Fsp3) is 0.647. The molecule has 0 spiro atoms. The molecule has 0 bridgehead atoms. The van der Waals surface area contributed by atoms with E-state index in [1.807, 2.05) is 18.3 Å². The summed E-state index contributed by atoms with van der Waals surface area (Å²) in [5.74, 6) is 0.902. The first-order valence-corrected chi connectivity index (χ1v) is 9.48. The first kappa shape index (κ1) is 15.1. The second-order valence-electron chi connectivity index (χ2n) is 6.65. The normalized spacial score (nSPS) is 22.8. The molecule has 0 radical (unpaired) electrons. The number of thiazole rings is 1. The Morgan fingerprint density at radius 1 is 1.22 bits per heavy atom. The number of aromatic nitrogens is 2. The Morgan fingerprint density at radius 2 is 2.04 bits per heavy atom. The zero-order chi connectivity index (χ0) is 15.6. The summed E-state index contributed by atoms with van der Waals surface area (Å²) in [6, 6.07) is 2.48. The van der Waals surface area contributed by atoms with Crippen LogP contribution in [0.3, 0.4) is 0 Å². The van der Waals surface area contributed by atoms with E-state index >= 15 is 0 Å². The summed E-state index contributed by atoms with van der Waals surface area (Å²) in [6.07, 6.45) is 8.38. The van der Waals surface area contributed by atoms with E-state index in [1.165, 1.54) is 42.1 Å². The molecule has 2 aromatic rings. The molecule has 2 aromatic heterocycles. The minimum absolute atomic E-state index is 0.388. The van der Waals surface area contributed by atoms with Crippen LogP contribution >= 0.6 is 11.3 Å². The van der Waals surface area contributed by atoms with E-state index in [2.05, 4.69) is 32.2 Å². The molecule has 0 unspecified atom stereocenters. The third-order valence-corrected chi connectivity index (χ3v) is 5.92. The number of nitrogens with zero attached hydrogens (tertiary/aromatic N) is 4. The Hall–Kier alpha value is -1.40. The van der Waals surface area contributed by atoms with Gasteiger partial charge in [0, 0.05) is 36.8 Å². The molecule has 0 saturated carbocycles. The summed E-state index contributed by atoms with van der Waals surface area (Å²) in [7, 11) is 0. The summed E-state index contributed by atoms with van der Waals surface area (Å²) in [5.41, 5.74) is 1.09. The van der Waals surface area contributed by atoms with E-state index in [0.717, 1.165) is 37.6 Å². The van der Waals surface area contributed by atoms with Gasteiger partial charge in [0.05, 0.1) is 6.04 Å². The average Bonchev–Trinajstić information content (AvgIpc) is 3.28. The molecule has 2 saturated heterocycles. The van der Waals surface area contributed by atoms with Crippen LogP contribution in [0.4, 0.5) is 5.13 Å².